The van der Waals surface area contributed by atoms with Crippen molar-refractivity contribution in [3.05, 3.63) is 181 Å². The zero-order chi connectivity index (χ0) is 38.2. The molecule has 0 unspecified atom stereocenters. The quantitative estimate of drug-likeness (QED) is 0.164. The Morgan fingerprint density at radius 3 is 1.70 bits per heavy atom. The van der Waals surface area contributed by atoms with Crippen molar-refractivity contribution in [3.63, 3.8) is 0 Å². The summed E-state index contributed by atoms with van der Waals surface area (Å²) in [7, 11) is -1.33. The Labute approximate surface area is 334 Å². The molecule has 10 aromatic rings. The first-order valence-electron chi connectivity index (χ1n) is 19.9. The molecule has 0 N–H and O–H groups in total. The lowest BCUT2D eigenvalue weighted by Crippen LogP contribution is -2.18. The van der Waals surface area contributed by atoms with Crippen LogP contribution < -0.4 is 0 Å². The van der Waals surface area contributed by atoms with Crippen molar-refractivity contribution in [2.45, 2.75) is 29.1 Å². The van der Waals surface area contributed by atoms with E-state index in [0.717, 1.165) is 11.2 Å². The molecule has 0 fully saturated rings. The van der Waals surface area contributed by atoms with Gasteiger partial charge in [0, 0.05) is 37.1 Å². The molecule has 1 aliphatic carbocycles. The van der Waals surface area contributed by atoms with Crippen LogP contribution in [0.4, 0.5) is 0 Å². The van der Waals surface area contributed by atoms with Gasteiger partial charge in [-0.15, -0.1) is 0 Å². The minimum atomic E-state index is -1.33. The van der Waals surface area contributed by atoms with Gasteiger partial charge in [0.2, 0.25) is 0 Å². The van der Waals surface area contributed by atoms with E-state index in [0.29, 0.717) is 0 Å². The second-order valence-corrected chi connectivity index (χ2v) is 20.3. The summed E-state index contributed by atoms with van der Waals surface area (Å²) >= 11 is 0. The van der Waals surface area contributed by atoms with Crippen LogP contribution >= 0.6 is 10.0 Å². The van der Waals surface area contributed by atoms with Gasteiger partial charge in [-0.25, -0.2) is 0 Å². The SMILES string of the molecule is CC1(C)c2cc(-c3c4ccccc4c(-c4cccc(-c5ccccc5)c4)c4ccccc34)ccc2-c2c1c1c(c3c2oc2ccccc23)-c2ccccc2S1(C)C. The van der Waals surface area contributed by atoms with E-state index >= 15 is 0 Å². The summed E-state index contributed by atoms with van der Waals surface area (Å²) in [6, 6.07) is 62.9. The molecule has 12 rings (SSSR count). The maximum Gasteiger partial charge on any atom is 0.144 e. The van der Waals surface area contributed by atoms with Crippen LogP contribution in [0.1, 0.15) is 25.0 Å². The molecule has 0 atom stereocenters. The van der Waals surface area contributed by atoms with Gasteiger partial charge in [0.15, 0.2) is 0 Å². The van der Waals surface area contributed by atoms with Crippen molar-refractivity contribution in [1.82, 2.24) is 0 Å². The molecule has 0 saturated heterocycles. The van der Waals surface area contributed by atoms with E-state index in [1.807, 2.05) is 0 Å². The molecular formula is C55H40OS. The van der Waals surface area contributed by atoms with E-state index in [1.165, 1.54) is 109 Å². The molecule has 2 heterocycles. The number of para-hydroxylation sites is 1. The van der Waals surface area contributed by atoms with Gasteiger partial charge in [-0.2, -0.15) is 10.0 Å². The highest BCUT2D eigenvalue weighted by Gasteiger charge is 2.47. The van der Waals surface area contributed by atoms with E-state index in [-0.39, 0.29) is 5.41 Å². The number of furan rings is 1. The molecular weight excluding hydrogens is 709 g/mol. The summed E-state index contributed by atoms with van der Waals surface area (Å²) < 4.78 is 6.99. The summed E-state index contributed by atoms with van der Waals surface area (Å²) in [5.41, 5.74) is 17.4. The second-order valence-electron chi connectivity index (χ2n) is 16.8. The summed E-state index contributed by atoms with van der Waals surface area (Å²) in [6.45, 7) is 4.90. The first-order chi connectivity index (χ1) is 27.8. The van der Waals surface area contributed by atoms with Crippen molar-refractivity contribution in [2.75, 3.05) is 12.5 Å². The van der Waals surface area contributed by atoms with E-state index in [4.69, 9.17) is 4.42 Å². The number of hydrogen-bond donors (Lipinski definition) is 0. The van der Waals surface area contributed by atoms with Crippen molar-refractivity contribution in [1.29, 1.82) is 0 Å². The molecule has 0 bridgehead atoms. The van der Waals surface area contributed by atoms with Crippen LogP contribution in [-0.4, -0.2) is 12.5 Å². The first-order valence-corrected chi connectivity index (χ1v) is 22.4. The third-order valence-corrected chi connectivity index (χ3v) is 15.9. The van der Waals surface area contributed by atoms with Crippen LogP contribution in [0.3, 0.4) is 0 Å². The van der Waals surface area contributed by atoms with Crippen LogP contribution in [-0.2, 0) is 5.41 Å². The number of rotatable bonds is 3. The Balaban J connectivity index is 1.13. The Hall–Kier alpha value is -6.35. The van der Waals surface area contributed by atoms with E-state index in [9.17, 15) is 0 Å². The van der Waals surface area contributed by atoms with Crippen LogP contribution in [0.2, 0.25) is 0 Å². The summed E-state index contributed by atoms with van der Waals surface area (Å²) in [4.78, 5) is 3.00. The molecule has 0 amide bonds. The molecule has 0 saturated carbocycles. The lowest BCUT2D eigenvalue weighted by Gasteiger charge is -2.34. The summed E-state index contributed by atoms with van der Waals surface area (Å²) in [5, 5.41) is 7.54. The monoisotopic (exact) mass is 748 g/mol. The fourth-order valence-electron chi connectivity index (χ4n) is 10.6. The Kier molecular flexibility index (Phi) is 6.69. The van der Waals surface area contributed by atoms with Gasteiger partial charge >= 0.3 is 0 Å². The largest absolute Gasteiger partial charge is 0.455 e. The predicted molar refractivity (Wildman–Crippen MR) is 244 cm³/mol. The Morgan fingerprint density at radius 2 is 1.00 bits per heavy atom. The molecule has 0 spiro atoms. The minimum Gasteiger partial charge on any atom is -0.455 e. The Bertz CT molecular complexity index is 3290. The molecule has 2 aliphatic rings. The van der Waals surface area contributed by atoms with Crippen molar-refractivity contribution in [2.24, 2.45) is 0 Å². The normalized spacial score (nSPS) is 15.2. The van der Waals surface area contributed by atoms with Gasteiger partial charge < -0.3 is 4.42 Å². The van der Waals surface area contributed by atoms with Crippen LogP contribution in [0.25, 0.3) is 99.1 Å². The third-order valence-electron chi connectivity index (χ3n) is 13.1. The fraction of sp³-hybridized carbons (Fsp3) is 0.0909. The smallest absolute Gasteiger partial charge is 0.144 e. The number of benzene rings is 9. The highest BCUT2D eigenvalue weighted by molar-refractivity contribution is 8.33. The molecule has 57 heavy (non-hydrogen) atoms. The van der Waals surface area contributed by atoms with E-state index in [1.54, 1.807) is 0 Å². The molecule has 1 aromatic heterocycles. The van der Waals surface area contributed by atoms with Crippen LogP contribution in [0, 0.1) is 0 Å². The standard InChI is InChI=1S/C55H40OS/c1-55(2)44-32-36(48-39-23-10-8-21-37(39)47(38-22-9-11-24-40(38)48)35-20-16-19-34(31-35)33-17-6-5-7-18-33)29-30-41(44)51-52(55)54-50(43-26-13-15-28-46(43)57(54,3)4)49-42-25-12-14-27-45(42)56-53(49)51/h5-32H,1-4H3. The van der Waals surface area contributed by atoms with Gasteiger partial charge in [0.25, 0.3) is 0 Å². The highest BCUT2D eigenvalue weighted by Crippen LogP contribution is 2.73. The molecule has 2 heteroatoms. The van der Waals surface area contributed by atoms with Gasteiger partial charge in [-0.1, -0.05) is 159 Å². The average molecular weight is 749 g/mol. The van der Waals surface area contributed by atoms with Gasteiger partial charge in [0.1, 0.15) is 11.2 Å². The van der Waals surface area contributed by atoms with E-state index in [2.05, 4.69) is 196 Å². The number of fused-ring (bicyclic) bond motifs is 14. The predicted octanol–water partition coefficient (Wildman–Crippen LogP) is 15.7. The molecule has 9 aromatic carbocycles. The lowest BCUT2D eigenvalue weighted by atomic mass is 9.79. The molecule has 1 aliphatic heterocycles. The Morgan fingerprint density at radius 1 is 0.439 bits per heavy atom. The third kappa shape index (κ3) is 4.37. The van der Waals surface area contributed by atoms with Crippen LogP contribution in [0.15, 0.2) is 184 Å². The molecule has 1 nitrogen and oxygen atoms in total. The average Bonchev–Trinajstić information content (AvgIpc) is 3.82. The zero-order valence-electron chi connectivity index (χ0n) is 32.5. The van der Waals surface area contributed by atoms with Gasteiger partial charge in [-0.05, 0) is 114 Å². The fourth-order valence-corrected chi connectivity index (χ4v) is 13.5. The highest BCUT2D eigenvalue weighted by atomic mass is 32.3. The zero-order valence-corrected chi connectivity index (χ0v) is 33.3. The maximum absolute atomic E-state index is 6.99. The number of hydrogen-bond acceptors (Lipinski definition) is 1. The van der Waals surface area contributed by atoms with Gasteiger partial charge in [-0.3, -0.25) is 0 Å². The first kappa shape index (κ1) is 32.9. The van der Waals surface area contributed by atoms with Crippen molar-refractivity contribution < 1.29 is 4.42 Å². The van der Waals surface area contributed by atoms with Gasteiger partial charge in [0.05, 0.1) is 0 Å². The summed E-state index contributed by atoms with van der Waals surface area (Å²) in [5.74, 6) is 0. The van der Waals surface area contributed by atoms with Crippen molar-refractivity contribution >= 4 is 53.5 Å². The molecule has 272 valence electrons. The topological polar surface area (TPSA) is 13.1 Å². The second kappa shape index (κ2) is 11.6. The maximum atomic E-state index is 6.99. The minimum absolute atomic E-state index is 0.256. The van der Waals surface area contributed by atoms with Crippen molar-refractivity contribution in [3.8, 4) is 55.6 Å². The lowest BCUT2D eigenvalue weighted by molar-refractivity contribution is 0.642. The van der Waals surface area contributed by atoms with E-state index < -0.39 is 10.0 Å². The summed E-state index contributed by atoms with van der Waals surface area (Å²) in [6.07, 6.45) is 5.01. The molecule has 0 radical (unpaired) electrons. The van der Waals surface area contributed by atoms with Crippen LogP contribution in [0.5, 0.6) is 0 Å².